The number of aliphatic hydroxyl groups is 2. The molecule has 2 unspecified atom stereocenters. The maximum Gasteiger partial charge on any atom is 0.258 e. The second kappa shape index (κ2) is 9.12. The minimum atomic E-state index is -1.55. The zero-order chi connectivity index (χ0) is 25.8. The van der Waals surface area contributed by atoms with Gasteiger partial charge in [-0.15, -0.1) is 11.3 Å². The topological polar surface area (TPSA) is 150 Å². The second-order valence-electron chi connectivity index (χ2n) is 9.67. The molecule has 4 heterocycles. The van der Waals surface area contributed by atoms with Crippen LogP contribution in [0.4, 0.5) is 14.6 Å². The number of nitrogens with one attached hydrogen (secondary N) is 2. The van der Waals surface area contributed by atoms with E-state index in [2.05, 4.69) is 25.3 Å². The van der Waals surface area contributed by atoms with Gasteiger partial charge in [-0.3, -0.25) is 4.79 Å². The van der Waals surface area contributed by atoms with Crippen molar-refractivity contribution in [3.05, 3.63) is 47.1 Å². The monoisotopic (exact) mass is 526 g/mol. The zero-order valence-corrected chi connectivity index (χ0v) is 20.3. The Morgan fingerprint density at radius 1 is 1.16 bits per heavy atom. The van der Waals surface area contributed by atoms with Crippen molar-refractivity contribution in [3.8, 4) is 22.0 Å². The Morgan fingerprint density at radius 3 is 2.62 bits per heavy atom. The van der Waals surface area contributed by atoms with Gasteiger partial charge in [-0.1, -0.05) is 0 Å². The molecule has 0 radical (unpaired) electrons. The first-order chi connectivity index (χ1) is 17.8. The van der Waals surface area contributed by atoms with E-state index < -0.39 is 35.8 Å². The molecule has 0 saturated heterocycles. The average Bonchev–Trinajstić information content (AvgIpc) is 3.53. The number of thiophene rings is 1. The molecule has 37 heavy (non-hydrogen) atoms. The number of H-pyrrole nitrogens is 1. The number of carbonyl (C=O) groups is 1. The molecule has 4 aromatic rings. The standard InChI is InChI=1S/C25H24F2N6O3S/c26-12-7-13-14(9-30-22(13)29-8-12)23-32-20(15-5-6-16(37-15)21(28)34)18(27)24(33-23)31-19-11-3-1-10(2-4-11)17(19)25(35)36/h5-11,17,19,25,35-36H,1-4H2,(H2,28,34)(H,29,30)(H,31,32,33). The molecule has 0 aliphatic heterocycles. The Hall–Kier alpha value is -3.48. The molecular weight excluding hydrogens is 502 g/mol. The van der Waals surface area contributed by atoms with Crippen LogP contribution in [0, 0.1) is 29.4 Å². The smallest absolute Gasteiger partial charge is 0.258 e. The molecule has 3 aliphatic carbocycles. The van der Waals surface area contributed by atoms with Crippen molar-refractivity contribution >= 4 is 34.1 Å². The number of nitrogens with two attached hydrogens (primary N) is 1. The summed E-state index contributed by atoms with van der Waals surface area (Å²) in [7, 11) is 0. The summed E-state index contributed by atoms with van der Waals surface area (Å²) in [6.45, 7) is 0. The summed E-state index contributed by atoms with van der Waals surface area (Å²) in [5.74, 6) is -2.12. The Morgan fingerprint density at radius 2 is 1.92 bits per heavy atom. The third kappa shape index (κ3) is 4.14. The number of rotatable bonds is 6. The van der Waals surface area contributed by atoms with Crippen molar-refractivity contribution in [1.29, 1.82) is 0 Å². The van der Waals surface area contributed by atoms with Gasteiger partial charge in [0, 0.05) is 29.1 Å². The molecule has 2 bridgehead atoms. The van der Waals surface area contributed by atoms with Crippen LogP contribution in [-0.2, 0) is 0 Å². The van der Waals surface area contributed by atoms with Gasteiger partial charge >= 0.3 is 0 Å². The van der Waals surface area contributed by atoms with Gasteiger partial charge in [-0.05, 0) is 55.7 Å². The second-order valence-corrected chi connectivity index (χ2v) is 10.8. The SMILES string of the molecule is NC(=O)c1ccc(-c2nc(-c3c[nH]c4ncc(F)cc34)nc(NC3C4CCC(CC4)C3C(O)O)c2F)s1. The summed E-state index contributed by atoms with van der Waals surface area (Å²) >= 11 is 1.000. The van der Waals surface area contributed by atoms with Crippen molar-refractivity contribution in [2.75, 3.05) is 5.32 Å². The number of anilines is 1. The van der Waals surface area contributed by atoms with Crippen molar-refractivity contribution in [3.63, 3.8) is 0 Å². The maximum atomic E-state index is 16.0. The molecule has 0 aromatic carbocycles. The minimum absolute atomic E-state index is 0.0502. The fourth-order valence-corrected chi connectivity index (χ4v) is 6.73. The van der Waals surface area contributed by atoms with E-state index in [4.69, 9.17) is 5.73 Å². The number of carbonyl (C=O) groups excluding carboxylic acids is 1. The summed E-state index contributed by atoms with van der Waals surface area (Å²) in [5, 5.41) is 23.9. The van der Waals surface area contributed by atoms with Crippen molar-refractivity contribution < 1.29 is 23.8 Å². The van der Waals surface area contributed by atoms with Gasteiger partial charge < -0.3 is 26.2 Å². The first kappa shape index (κ1) is 23.9. The zero-order valence-electron chi connectivity index (χ0n) is 19.5. The predicted octanol–water partition coefficient (Wildman–Crippen LogP) is 3.65. The molecule has 3 fully saturated rings. The lowest BCUT2D eigenvalue weighted by molar-refractivity contribution is -0.133. The summed E-state index contributed by atoms with van der Waals surface area (Å²) in [4.78, 5) is 28.2. The molecular formula is C25H24F2N6O3S. The molecule has 3 aliphatic rings. The van der Waals surface area contributed by atoms with E-state index in [1.807, 2.05) is 0 Å². The maximum absolute atomic E-state index is 16.0. The van der Waals surface area contributed by atoms with Crippen LogP contribution in [0.25, 0.3) is 33.0 Å². The molecule has 1 amide bonds. The Bertz CT molecular complexity index is 1500. The Kier molecular flexibility index (Phi) is 5.89. The summed E-state index contributed by atoms with van der Waals surface area (Å²) in [6.07, 6.45) is 4.70. The van der Waals surface area contributed by atoms with Gasteiger partial charge in [0.2, 0.25) is 0 Å². The van der Waals surface area contributed by atoms with Gasteiger partial charge in [0.15, 0.2) is 23.7 Å². The fraction of sp³-hybridized carbons (Fsp3) is 0.360. The van der Waals surface area contributed by atoms with E-state index >= 15 is 4.39 Å². The van der Waals surface area contributed by atoms with E-state index in [0.717, 1.165) is 43.2 Å². The molecule has 2 atom stereocenters. The first-order valence-corrected chi connectivity index (χ1v) is 12.8. The Balaban J connectivity index is 1.49. The van der Waals surface area contributed by atoms with Crippen LogP contribution in [0.5, 0.6) is 0 Å². The normalized spacial score (nSPS) is 23.2. The molecule has 192 valence electrons. The number of nitrogens with zero attached hydrogens (tertiary/aromatic N) is 3. The quantitative estimate of drug-likeness (QED) is 0.241. The molecule has 9 nitrogen and oxygen atoms in total. The largest absolute Gasteiger partial charge is 0.368 e. The van der Waals surface area contributed by atoms with Crippen LogP contribution < -0.4 is 11.1 Å². The highest BCUT2D eigenvalue weighted by Crippen LogP contribution is 2.47. The number of aliphatic hydroxyl groups excluding tert-OH is 1. The van der Waals surface area contributed by atoms with Crippen LogP contribution in [0.2, 0.25) is 0 Å². The highest BCUT2D eigenvalue weighted by Gasteiger charge is 2.47. The van der Waals surface area contributed by atoms with Gasteiger partial charge in [0.05, 0.1) is 16.0 Å². The third-order valence-electron chi connectivity index (χ3n) is 7.60. The summed E-state index contributed by atoms with van der Waals surface area (Å²) in [6, 6.07) is 3.95. The lowest BCUT2D eigenvalue weighted by Gasteiger charge is -2.49. The molecule has 4 aromatic heterocycles. The van der Waals surface area contributed by atoms with Gasteiger partial charge in [-0.2, -0.15) is 0 Å². The number of aromatic nitrogens is 4. The highest BCUT2D eigenvalue weighted by molar-refractivity contribution is 7.17. The van der Waals surface area contributed by atoms with Crippen molar-refractivity contribution in [2.24, 2.45) is 23.5 Å². The Labute approximate surface area is 213 Å². The third-order valence-corrected chi connectivity index (χ3v) is 8.71. The number of pyridine rings is 1. The molecule has 12 heteroatoms. The van der Waals surface area contributed by atoms with Crippen LogP contribution in [0.3, 0.4) is 0 Å². The van der Waals surface area contributed by atoms with E-state index in [-0.39, 0.29) is 34.0 Å². The molecule has 3 saturated carbocycles. The fourth-order valence-electron chi connectivity index (χ4n) is 5.88. The van der Waals surface area contributed by atoms with Crippen LogP contribution in [-0.4, -0.2) is 48.4 Å². The molecule has 6 N–H and O–H groups in total. The lowest BCUT2D eigenvalue weighted by atomic mass is 9.61. The number of fused-ring (bicyclic) bond motifs is 4. The number of aromatic amines is 1. The minimum Gasteiger partial charge on any atom is -0.368 e. The molecule has 0 spiro atoms. The van der Waals surface area contributed by atoms with E-state index in [0.29, 0.717) is 21.5 Å². The van der Waals surface area contributed by atoms with E-state index in [1.54, 1.807) is 12.3 Å². The predicted molar refractivity (Wildman–Crippen MR) is 133 cm³/mol. The van der Waals surface area contributed by atoms with Gasteiger partial charge in [0.1, 0.15) is 17.2 Å². The summed E-state index contributed by atoms with van der Waals surface area (Å²) in [5.41, 5.74) is 6.18. The van der Waals surface area contributed by atoms with Crippen LogP contribution in [0.15, 0.2) is 30.6 Å². The lowest BCUT2D eigenvalue weighted by Crippen LogP contribution is -2.53. The van der Waals surface area contributed by atoms with Crippen molar-refractivity contribution in [1.82, 2.24) is 19.9 Å². The highest BCUT2D eigenvalue weighted by atomic mass is 32.1. The average molecular weight is 527 g/mol. The first-order valence-electron chi connectivity index (χ1n) is 12.0. The van der Waals surface area contributed by atoms with Crippen molar-refractivity contribution in [2.45, 2.75) is 38.0 Å². The number of primary amides is 1. The van der Waals surface area contributed by atoms with E-state index in [9.17, 15) is 19.4 Å². The van der Waals surface area contributed by atoms with E-state index in [1.165, 1.54) is 12.1 Å². The number of halogens is 2. The number of hydrogen-bond acceptors (Lipinski definition) is 8. The summed E-state index contributed by atoms with van der Waals surface area (Å²) < 4.78 is 30.0. The molecule has 7 rings (SSSR count). The number of hydrogen-bond donors (Lipinski definition) is 5. The van der Waals surface area contributed by atoms with Gasteiger partial charge in [-0.25, -0.2) is 23.7 Å². The van der Waals surface area contributed by atoms with Crippen LogP contribution in [0.1, 0.15) is 35.4 Å². The van der Waals surface area contributed by atoms with Gasteiger partial charge in [0.25, 0.3) is 5.91 Å². The van der Waals surface area contributed by atoms with Crippen LogP contribution >= 0.6 is 11.3 Å². The number of amides is 1.